The SMILES string of the molecule is CC(C)c1oc(=O)cc2c1C(O)C1OC(=O)C3(C)CC(OC4OC(CO)C(O)C(OC5OC(CO)C(O)C(O)C5O)C4O)CC2(C)C13. The van der Waals surface area contributed by atoms with E-state index in [0.717, 1.165) is 0 Å². The maximum absolute atomic E-state index is 13.5. The lowest BCUT2D eigenvalue weighted by molar-refractivity contribution is -0.365. The van der Waals surface area contributed by atoms with Gasteiger partial charge in [-0.05, 0) is 25.3 Å². The number of esters is 1. The quantitative estimate of drug-likeness (QED) is 0.138. The van der Waals surface area contributed by atoms with Crippen LogP contribution >= 0.6 is 0 Å². The highest BCUT2D eigenvalue weighted by molar-refractivity contribution is 5.81. The van der Waals surface area contributed by atoms with E-state index in [4.69, 9.17) is 28.1 Å². The molecule has 47 heavy (non-hydrogen) atoms. The zero-order valence-electron chi connectivity index (χ0n) is 26.4. The number of aliphatic hydroxyl groups is 8. The monoisotopic (exact) mass is 672 g/mol. The molecule has 4 heterocycles. The standard InChI is InChI=1S/C31H44O16/c1-10(2)23-16-12(5-15(34)45-23)30(3)6-11(7-31(4)26(30)25(19(16)37)47-29(31)41)42-28-22(40)24(18(36)14(9-33)44-28)46-27-21(39)20(38)17(35)13(8-32)43-27/h5,10-11,13-14,17-22,24-28,32-33,35-40H,6-9H2,1-4H3. The van der Waals surface area contributed by atoms with Crippen molar-refractivity contribution in [3.05, 3.63) is 33.4 Å². The van der Waals surface area contributed by atoms with Gasteiger partial charge in [0.2, 0.25) is 0 Å². The molecule has 0 radical (unpaired) electrons. The minimum Gasteiger partial charge on any atom is -0.458 e. The van der Waals surface area contributed by atoms with Crippen molar-refractivity contribution < 1.29 is 73.7 Å². The van der Waals surface area contributed by atoms with E-state index in [0.29, 0.717) is 11.1 Å². The summed E-state index contributed by atoms with van der Waals surface area (Å²) < 4.78 is 34.5. The van der Waals surface area contributed by atoms with Crippen molar-refractivity contribution in [2.45, 2.75) is 132 Å². The average Bonchev–Trinajstić information content (AvgIpc) is 3.29. The molecule has 0 bridgehead atoms. The molecule has 1 aromatic heterocycles. The van der Waals surface area contributed by atoms with E-state index >= 15 is 0 Å². The Balaban J connectivity index is 1.31. The van der Waals surface area contributed by atoms with E-state index in [1.165, 1.54) is 6.07 Å². The van der Waals surface area contributed by atoms with Crippen molar-refractivity contribution in [2.24, 2.45) is 11.3 Å². The molecular formula is C31H44O16. The van der Waals surface area contributed by atoms with Crippen molar-refractivity contribution in [2.75, 3.05) is 13.2 Å². The first kappa shape index (κ1) is 34.8. The Morgan fingerprint density at radius 1 is 0.830 bits per heavy atom. The molecule has 16 heteroatoms. The number of hydrogen-bond acceptors (Lipinski definition) is 16. The summed E-state index contributed by atoms with van der Waals surface area (Å²) in [6.45, 7) is 5.71. The number of fused-ring (bicyclic) bond motifs is 2. The molecule has 16 atom stereocenters. The minimum absolute atomic E-state index is 0.0697. The fourth-order valence-electron chi connectivity index (χ4n) is 8.60. The smallest absolute Gasteiger partial charge is 0.336 e. The Labute approximate surface area is 269 Å². The maximum Gasteiger partial charge on any atom is 0.336 e. The lowest BCUT2D eigenvalue weighted by atomic mass is 9.49. The van der Waals surface area contributed by atoms with Gasteiger partial charge in [0, 0.05) is 28.9 Å². The molecule has 5 aliphatic rings. The van der Waals surface area contributed by atoms with Crippen LogP contribution in [0.1, 0.15) is 69.4 Å². The molecule has 3 aliphatic heterocycles. The summed E-state index contributed by atoms with van der Waals surface area (Å²) in [5.41, 5.74) is -1.90. The molecule has 16 nitrogen and oxygen atoms in total. The van der Waals surface area contributed by atoms with Gasteiger partial charge >= 0.3 is 11.6 Å². The third kappa shape index (κ3) is 5.37. The molecule has 6 rings (SSSR count). The molecule has 0 spiro atoms. The van der Waals surface area contributed by atoms with Gasteiger partial charge in [-0.3, -0.25) is 4.79 Å². The van der Waals surface area contributed by atoms with Crippen LogP contribution in [0.4, 0.5) is 0 Å². The number of carbonyl (C=O) groups is 1. The largest absolute Gasteiger partial charge is 0.458 e. The van der Waals surface area contributed by atoms with Gasteiger partial charge in [0.05, 0.1) is 24.7 Å². The molecule has 0 amide bonds. The fraction of sp³-hybridized carbons (Fsp3) is 0.806. The summed E-state index contributed by atoms with van der Waals surface area (Å²) >= 11 is 0. The van der Waals surface area contributed by atoms with Gasteiger partial charge in [-0.1, -0.05) is 20.8 Å². The first-order valence-corrected chi connectivity index (χ1v) is 15.9. The highest BCUT2D eigenvalue weighted by atomic mass is 16.7. The van der Waals surface area contributed by atoms with Crippen LogP contribution in [0, 0.1) is 11.3 Å². The zero-order chi connectivity index (χ0) is 34.3. The molecular weight excluding hydrogens is 628 g/mol. The van der Waals surface area contributed by atoms with Gasteiger partial charge in [0.15, 0.2) is 12.6 Å². The molecule has 16 unspecified atom stereocenters. The van der Waals surface area contributed by atoms with Crippen LogP contribution in [-0.2, 0) is 33.9 Å². The van der Waals surface area contributed by atoms with Gasteiger partial charge < -0.3 is 69.0 Å². The predicted octanol–water partition coefficient (Wildman–Crippen LogP) is -2.58. The Kier molecular flexibility index (Phi) is 9.15. The van der Waals surface area contributed by atoms with Crippen LogP contribution in [-0.4, -0.2) is 134 Å². The molecule has 264 valence electrons. The number of aliphatic hydroxyl groups excluding tert-OH is 8. The van der Waals surface area contributed by atoms with E-state index in [2.05, 4.69) is 0 Å². The molecule has 8 N–H and O–H groups in total. The average molecular weight is 673 g/mol. The molecule has 1 saturated carbocycles. The second kappa shape index (κ2) is 12.4. The first-order chi connectivity index (χ1) is 22.1. The van der Waals surface area contributed by atoms with Gasteiger partial charge in [0.1, 0.15) is 66.8 Å². The lowest BCUT2D eigenvalue weighted by Crippen LogP contribution is -2.65. The number of ether oxygens (including phenoxy) is 5. The second-order valence-corrected chi connectivity index (χ2v) is 14.2. The molecule has 1 aromatic rings. The van der Waals surface area contributed by atoms with E-state index < -0.39 is 121 Å². The van der Waals surface area contributed by atoms with Gasteiger partial charge in [0.25, 0.3) is 0 Å². The Hall–Kier alpha value is -2.06. The second-order valence-electron chi connectivity index (χ2n) is 14.2. The molecule has 4 fully saturated rings. The van der Waals surface area contributed by atoms with Crippen molar-refractivity contribution in [1.82, 2.24) is 0 Å². The topological polar surface area (TPSA) is 255 Å². The van der Waals surface area contributed by atoms with Crippen molar-refractivity contribution in [3.63, 3.8) is 0 Å². The van der Waals surface area contributed by atoms with Crippen molar-refractivity contribution in [1.29, 1.82) is 0 Å². The Bertz CT molecular complexity index is 1400. The molecule has 2 aliphatic carbocycles. The Morgan fingerprint density at radius 2 is 1.43 bits per heavy atom. The van der Waals surface area contributed by atoms with Crippen LogP contribution in [0.25, 0.3) is 0 Å². The van der Waals surface area contributed by atoms with Crippen LogP contribution in [0.15, 0.2) is 15.3 Å². The highest BCUT2D eigenvalue weighted by Gasteiger charge is 2.69. The van der Waals surface area contributed by atoms with E-state index in [1.54, 1.807) is 6.92 Å². The van der Waals surface area contributed by atoms with Gasteiger partial charge in [-0.25, -0.2) is 4.79 Å². The van der Waals surface area contributed by atoms with Crippen molar-refractivity contribution >= 4 is 5.97 Å². The number of carbonyl (C=O) groups excluding carboxylic acids is 1. The summed E-state index contributed by atoms with van der Waals surface area (Å²) in [6.07, 6.45) is -19.1. The van der Waals surface area contributed by atoms with E-state index in [9.17, 15) is 50.4 Å². The predicted molar refractivity (Wildman–Crippen MR) is 153 cm³/mol. The first-order valence-electron chi connectivity index (χ1n) is 15.9. The van der Waals surface area contributed by atoms with Crippen LogP contribution in [0.2, 0.25) is 0 Å². The van der Waals surface area contributed by atoms with E-state index in [-0.39, 0.29) is 24.5 Å². The maximum atomic E-state index is 13.5. The number of hydrogen-bond donors (Lipinski definition) is 8. The zero-order valence-corrected chi connectivity index (χ0v) is 26.4. The summed E-state index contributed by atoms with van der Waals surface area (Å²) in [6, 6.07) is 1.32. The van der Waals surface area contributed by atoms with Gasteiger partial charge in [-0.15, -0.1) is 0 Å². The molecule has 0 aromatic carbocycles. The van der Waals surface area contributed by atoms with Gasteiger partial charge in [-0.2, -0.15) is 0 Å². The summed E-state index contributed by atoms with van der Waals surface area (Å²) in [4.78, 5) is 26.3. The minimum atomic E-state index is -1.84. The van der Waals surface area contributed by atoms with Crippen LogP contribution in [0.3, 0.4) is 0 Å². The van der Waals surface area contributed by atoms with E-state index in [1.807, 2.05) is 20.8 Å². The third-order valence-corrected chi connectivity index (χ3v) is 10.8. The summed E-state index contributed by atoms with van der Waals surface area (Å²) in [7, 11) is 0. The van der Waals surface area contributed by atoms with Crippen molar-refractivity contribution in [3.8, 4) is 0 Å². The summed E-state index contributed by atoms with van der Waals surface area (Å²) in [5.74, 6) is -1.12. The normalized spacial score (nSPS) is 47.8. The Morgan fingerprint density at radius 3 is 2.04 bits per heavy atom. The lowest BCUT2D eigenvalue weighted by Gasteiger charge is -2.55. The van der Waals surface area contributed by atoms with Crippen LogP contribution in [0.5, 0.6) is 0 Å². The summed E-state index contributed by atoms with van der Waals surface area (Å²) in [5, 5.41) is 84.1. The fourth-order valence-corrected chi connectivity index (χ4v) is 8.60. The highest BCUT2D eigenvalue weighted by Crippen LogP contribution is 2.64. The van der Waals surface area contributed by atoms with Crippen LogP contribution < -0.4 is 5.63 Å². The molecule has 3 saturated heterocycles. The third-order valence-electron chi connectivity index (χ3n) is 10.8. The number of rotatable bonds is 7.